The molecule has 3 N–H and O–H groups in total. The highest BCUT2D eigenvalue weighted by atomic mass is 35.5. The number of nitrogens with two attached hydrogens (primary N) is 1. The van der Waals surface area contributed by atoms with Gasteiger partial charge in [-0.25, -0.2) is 0 Å². The van der Waals surface area contributed by atoms with E-state index in [1.807, 2.05) is 29.0 Å². The molecule has 0 aliphatic carbocycles. The minimum absolute atomic E-state index is 0.106. The number of carbonyl (C=O) groups excluding carboxylic acids is 1. The van der Waals surface area contributed by atoms with Gasteiger partial charge in [-0.2, -0.15) is 0 Å². The highest BCUT2D eigenvalue weighted by Gasteiger charge is 2.23. The molecule has 7 nitrogen and oxygen atoms in total. The zero-order valence-electron chi connectivity index (χ0n) is 19.2. The molecule has 2 aromatic carbocycles. The summed E-state index contributed by atoms with van der Waals surface area (Å²) in [5, 5.41) is 11.2. The molecule has 0 saturated heterocycles. The number of likely N-dealkylation sites (N-methyl/N-ethyl adjacent to an activating group) is 1. The lowest BCUT2D eigenvalue weighted by Gasteiger charge is -2.24. The van der Waals surface area contributed by atoms with E-state index < -0.39 is 6.10 Å². The average molecular weight is 496 g/mol. The second kappa shape index (κ2) is 11.3. The molecule has 1 aliphatic rings. The molecule has 1 aliphatic heterocycles. The lowest BCUT2D eigenvalue weighted by Crippen LogP contribution is -2.35. The third-order valence-electron chi connectivity index (χ3n) is 5.99. The number of carbonyl (C=O) groups is 1. The van der Waals surface area contributed by atoms with Gasteiger partial charge >= 0.3 is 0 Å². The summed E-state index contributed by atoms with van der Waals surface area (Å²) in [6.45, 7) is 2.46. The number of nitrogens with zero attached hydrogens (tertiary/aromatic N) is 2. The zero-order chi connectivity index (χ0) is 24.1. The molecule has 1 amide bonds. The lowest BCUT2D eigenvalue weighted by molar-refractivity contribution is -0.130. The summed E-state index contributed by atoms with van der Waals surface area (Å²) < 4.78 is 10.8. The van der Waals surface area contributed by atoms with Crippen LogP contribution in [0.15, 0.2) is 24.3 Å². The monoisotopic (exact) mass is 495 g/mol. The second-order valence-corrected chi connectivity index (χ2v) is 9.13. The fourth-order valence-corrected chi connectivity index (χ4v) is 4.58. The molecule has 9 heteroatoms. The minimum atomic E-state index is -0.745. The van der Waals surface area contributed by atoms with E-state index in [1.54, 1.807) is 26.4 Å². The van der Waals surface area contributed by atoms with Gasteiger partial charge in [0.25, 0.3) is 0 Å². The van der Waals surface area contributed by atoms with Crippen LogP contribution in [0.25, 0.3) is 0 Å². The average Bonchev–Trinajstić information content (AvgIpc) is 2.93. The van der Waals surface area contributed by atoms with Gasteiger partial charge in [-0.05, 0) is 67.4 Å². The maximum atomic E-state index is 12.8. The van der Waals surface area contributed by atoms with Crippen LogP contribution in [-0.2, 0) is 17.6 Å². The number of aliphatic hydroxyl groups excluding tert-OH is 1. The molecule has 0 fully saturated rings. The summed E-state index contributed by atoms with van der Waals surface area (Å²) in [5.41, 5.74) is 8.80. The Balaban J connectivity index is 1.52. The van der Waals surface area contributed by atoms with Gasteiger partial charge in [0, 0.05) is 19.6 Å². The Kier molecular flexibility index (Phi) is 8.70. The first-order valence-corrected chi connectivity index (χ1v) is 11.6. The van der Waals surface area contributed by atoms with E-state index in [2.05, 4.69) is 0 Å². The summed E-state index contributed by atoms with van der Waals surface area (Å²) in [5.74, 6) is 1.43. The van der Waals surface area contributed by atoms with E-state index in [4.69, 9.17) is 38.4 Å². The van der Waals surface area contributed by atoms with Crippen molar-refractivity contribution in [2.75, 3.05) is 53.2 Å². The molecule has 180 valence electrons. The lowest BCUT2D eigenvalue weighted by atomic mass is 10.0. The van der Waals surface area contributed by atoms with Gasteiger partial charge in [-0.1, -0.05) is 23.2 Å². The smallest absolute Gasteiger partial charge is 0.227 e. The summed E-state index contributed by atoms with van der Waals surface area (Å²) >= 11 is 12.2. The number of anilines is 1. The molecule has 0 spiro atoms. The van der Waals surface area contributed by atoms with Crippen molar-refractivity contribution in [3.63, 3.8) is 0 Å². The molecule has 3 rings (SSSR count). The highest BCUT2D eigenvalue weighted by Crippen LogP contribution is 2.33. The fourth-order valence-electron chi connectivity index (χ4n) is 4.07. The van der Waals surface area contributed by atoms with Crippen molar-refractivity contribution in [2.24, 2.45) is 0 Å². The third-order valence-corrected chi connectivity index (χ3v) is 6.62. The molecular weight excluding hydrogens is 465 g/mol. The molecule has 1 atom stereocenters. The first kappa shape index (κ1) is 25.4. The molecule has 0 bridgehead atoms. The second-order valence-electron chi connectivity index (χ2n) is 8.31. The molecular formula is C24H31Cl2N3O4. The van der Waals surface area contributed by atoms with E-state index in [-0.39, 0.29) is 5.91 Å². The maximum absolute atomic E-state index is 12.8. The zero-order valence-corrected chi connectivity index (χ0v) is 20.7. The van der Waals surface area contributed by atoms with Crippen LogP contribution in [0.4, 0.5) is 5.69 Å². The fraction of sp³-hybridized carbons (Fsp3) is 0.458. The number of rotatable bonds is 9. The molecule has 0 saturated carbocycles. The highest BCUT2D eigenvalue weighted by molar-refractivity contribution is 6.38. The summed E-state index contributed by atoms with van der Waals surface area (Å²) in [6, 6.07) is 7.15. The Morgan fingerprint density at radius 2 is 1.73 bits per heavy atom. The maximum Gasteiger partial charge on any atom is 0.227 e. The Bertz CT molecular complexity index is 979. The minimum Gasteiger partial charge on any atom is -0.493 e. The molecule has 0 aromatic heterocycles. The standard InChI is InChI=1S/C24H31Cl2N3O4/c1-28(14-20(30)17-9-18(25)24(27)19(26)10-17)6-4-7-29-8-5-15-11-21(32-2)22(33-3)12-16(15)13-23(29)31/h9-12,20,30H,4-8,13-14,27H2,1-3H3. The number of methoxy groups -OCH3 is 2. The van der Waals surface area contributed by atoms with Crippen molar-refractivity contribution in [2.45, 2.75) is 25.4 Å². The molecule has 2 aromatic rings. The van der Waals surface area contributed by atoms with Gasteiger partial charge in [0.2, 0.25) is 5.91 Å². The molecule has 1 heterocycles. The van der Waals surface area contributed by atoms with Crippen LogP contribution in [0.2, 0.25) is 10.0 Å². The summed E-state index contributed by atoms with van der Waals surface area (Å²) in [6.07, 6.45) is 1.17. The first-order chi connectivity index (χ1) is 15.7. The van der Waals surface area contributed by atoms with Crippen molar-refractivity contribution < 1.29 is 19.4 Å². The Labute approximate surface area is 205 Å². The van der Waals surface area contributed by atoms with Crippen LogP contribution in [-0.4, -0.2) is 68.3 Å². The van der Waals surface area contributed by atoms with Crippen molar-refractivity contribution >= 4 is 34.8 Å². The van der Waals surface area contributed by atoms with Crippen molar-refractivity contribution in [1.82, 2.24) is 9.80 Å². The number of fused-ring (bicyclic) bond motifs is 1. The van der Waals surface area contributed by atoms with Crippen LogP contribution in [0.5, 0.6) is 11.5 Å². The predicted octanol–water partition coefficient (Wildman–Crippen LogP) is 3.58. The largest absolute Gasteiger partial charge is 0.493 e. The van der Waals surface area contributed by atoms with Crippen LogP contribution in [0.1, 0.15) is 29.2 Å². The number of halogens is 2. The van der Waals surface area contributed by atoms with Crippen molar-refractivity contribution in [1.29, 1.82) is 0 Å². The van der Waals surface area contributed by atoms with Crippen LogP contribution < -0.4 is 15.2 Å². The van der Waals surface area contributed by atoms with Gasteiger partial charge in [-0.3, -0.25) is 4.79 Å². The van der Waals surface area contributed by atoms with Gasteiger partial charge < -0.3 is 30.1 Å². The number of benzene rings is 2. The van der Waals surface area contributed by atoms with Crippen LogP contribution >= 0.6 is 23.2 Å². The van der Waals surface area contributed by atoms with Crippen molar-refractivity contribution in [3.8, 4) is 11.5 Å². The van der Waals surface area contributed by atoms with Gasteiger partial charge in [0.1, 0.15) is 0 Å². The van der Waals surface area contributed by atoms with Gasteiger partial charge in [0.05, 0.1) is 42.5 Å². The first-order valence-electron chi connectivity index (χ1n) is 10.9. The number of hydrogen-bond acceptors (Lipinski definition) is 6. The normalized spacial score (nSPS) is 14.8. The number of ether oxygens (including phenoxy) is 2. The van der Waals surface area contributed by atoms with Crippen LogP contribution in [0.3, 0.4) is 0 Å². The van der Waals surface area contributed by atoms with Crippen LogP contribution in [0, 0.1) is 0 Å². The van der Waals surface area contributed by atoms with E-state index in [0.29, 0.717) is 58.9 Å². The SMILES string of the molecule is COc1cc2c(cc1OC)CC(=O)N(CCCN(C)CC(O)c1cc(Cl)c(N)c(Cl)c1)CC2. The Hall–Kier alpha value is -2.19. The molecule has 1 unspecified atom stereocenters. The van der Waals surface area contributed by atoms with Crippen molar-refractivity contribution in [3.05, 3.63) is 51.0 Å². The summed E-state index contributed by atoms with van der Waals surface area (Å²) in [4.78, 5) is 16.8. The molecule has 33 heavy (non-hydrogen) atoms. The van der Waals surface area contributed by atoms with E-state index in [9.17, 15) is 9.90 Å². The van der Waals surface area contributed by atoms with E-state index in [0.717, 1.165) is 30.5 Å². The number of aliphatic hydroxyl groups is 1. The quantitative estimate of drug-likeness (QED) is 0.516. The third kappa shape index (κ3) is 6.23. The Morgan fingerprint density at radius 3 is 2.33 bits per heavy atom. The van der Waals surface area contributed by atoms with E-state index >= 15 is 0 Å². The molecule has 0 radical (unpaired) electrons. The topological polar surface area (TPSA) is 88.3 Å². The van der Waals surface area contributed by atoms with Gasteiger partial charge in [0.15, 0.2) is 11.5 Å². The number of hydrogen-bond donors (Lipinski definition) is 2. The summed E-state index contributed by atoms with van der Waals surface area (Å²) in [7, 11) is 5.14. The Morgan fingerprint density at radius 1 is 1.12 bits per heavy atom. The van der Waals surface area contributed by atoms with E-state index in [1.165, 1.54) is 0 Å². The van der Waals surface area contributed by atoms with Gasteiger partial charge in [-0.15, -0.1) is 0 Å². The number of nitrogen functional groups attached to an aromatic ring is 1. The number of amides is 1. The predicted molar refractivity (Wildman–Crippen MR) is 131 cm³/mol.